The molecule has 1 aliphatic rings. The minimum Gasteiger partial charge on any atom is -0.311 e. The fourth-order valence-electron chi connectivity index (χ4n) is 1.87. The van der Waals surface area contributed by atoms with Crippen molar-refractivity contribution in [2.45, 2.75) is 44.9 Å². The lowest BCUT2D eigenvalue weighted by atomic mass is 9.96. The molecule has 1 fully saturated rings. The summed E-state index contributed by atoms with van der Waals surface area (Å²) < 4.78 is 35.9. The van der Waals surface area contributed by atoms with Gasteiger partial charge in [0.25, 0.3) is 0 Å². The predicted molar refractivity (Wildman–Crippen MR) is 40.8 cm³/mol. The van der Waals surface area contributed by atoms with Crippen molar-refractivity contribution in [3.05, 3.63) is 0 Å². The molecule has 0 aromatic carbocycles. The van der Waals surface area contributed by atoms with Gasteiger partial charge in [-0.3, -0.25) is 0 Å². The van der Waals surface area contributed by atoms with Crippen LogP contribution in [-0.4, -0.2) is 18.3 Å². The fraction of sp³-hybridized carbons (Fsp3) is 1.00. The Morgan fingerprint density at radius 3 is 2.25 bits per heavy atom. The van der Waals surface area contributed by atoms with E-state index < -0.39 is 12.6 Å². The molecule has 0 spiro atoms. The van der Waals surface area contributed by atoms with E-state index in [1.165, 1.54) is 0 Å². The maximum absolute atomic E-state index is 12.0. The highest BCUT2D eigenvalue weighted by atomic mass is 19.4. The van der Waals surface area contributed by atoms with E-state index in [2.05, 4.69) is 5.32 Å². The van der Waals surface area contributed by atoms with Crippen molar-refractivity contribution >= 4 is 0 Å². The molecule has 3 atom stereocenters. The van der Waals surface area contributed by atoms with Crippen molar-refractivity contribution < 1.29 is 13.2 Å². The van der Waals surface area contributed by atoms with E-state index in [1.54, 1.807) is 0 Å². The Morgan fingerprint density at radius 1 is 1.33 bits per heavy atom. The highest BCUT2D eigenvalue weighted by Gasteiger charge is 2.38. The zero-order valence-corrected chi connectivity index (χ0v) is 7.28. The highest BCUT2D eigenvalue weighted by molar-refractivity contribution is 4.86. The van der Waals surface area contributed by atoms with Crippen LogP contribution in [0.4, 0.5) is 13.2 Å². The maximum atomic E-state index is 12.0. The normalized spacial score (nSPS) is 37.2. The Hall–Kier alpha value is -0.250. The third-order valence-electron chi connectivity index (χ3n) is 2.40. The van der Waals surface area contributed by atoms with Crippen molar-refractivity contribution in [3.8, 4) is 0 Å². The molecule has 0 radical (unpaired) electrons. The van der Waals surface area contributed by atoms with Gasteiger partial charge < -0.3 is 5.32 Å². The molecule has 0 amide bonds. The van der Waals surface area contributed by atoms with Gasteiger partial charge in [-0.15, -0.1) is 0 Å². The Balaban J connectivity index is 2.43. The second kappa shape index (κ2) is 3.24. The summed E-state index contributed by atoms with van der Waals surface area (Å²) in [7, 11) is 0. The molecule has 1 rings (SSSR count). The van der Waals surface area contributed by atoms with Gasteiger partial charge in [-0.2, -0.15) is 13.2 Å². The zero-order valence-electron chi connectivity index (χ0n) is 7.28. The van der Waals surface area contributed by atoms with E-state index in [1.807, 2.05) is 13.8 Å². The third kappa shape index (κ3) is 2.66. The number of hydrogen-bond donors (Lipinski definition) is 1. The molecule has 1 nitrogen and oxygen atoms in total. The summed E-state index contributed by atoms with van der Waals surface area (Å²) in [6.45, 7) is 3.74. The largest absolute Gasteiger partial charge is 0.389 e. The number of nitrogens with one attached hydrogen (secondary N) is 1. The van der Waals surface area contributed by atoms with E-state index in [9.17, 15) is 13.2 Å². The number of alkyl halides is 3. The summed E-state index contributed by atoms with van der Waals surface area (Å²) >= 11 is 0. The minimum absolute atomic E-state index is 0.00150. The topological polar surface area (TPSA) is 12.0 Å². The van der Waals surface area contributed by atoms with Crippen LogP contribution in [0.5, 0.6) is 0 Å². The monoisotopic (exact) mass is 181 g/mol. The zero-order chi connectivity index (χ0) is 9.35. The standard InChI is InChI=1S/C8H14F3N/c1-5-3-7(6(2)12-5)4-8(9,10)11/h5-7,12H,3-4H2,1-2H3/t5-,6+,7+/m0/s1. The fourth-order valence-corrected chi connectivity index (χ4v) is 1.87. The first kappa shape index (κ1) is 9.84. The van der Waals surface area contributed by atoms with E-state index in [-0.39, 0.29) is 18.0 Å². The molecule has 1 saturated heterocycles. The first-order valence-electron chi connectivity index (χ1n) is 4.21. The molecule has 1 aliphatic heterocycles. The second-order valence-corrected chi connectivity index (χ2v) is 3.67. The van der Waals surface area contributed by atoms with E-state index in [0.717, 1.165) is 0 Å². The van der Waals surface area contributed by atoms with Gasteiger partial charge in [-0.05, 0) is 26.2 Å². The average molecular weight is 181 g/mol. The Kier molecular flexibility index (Phi) is 2.66. The van der Waals surface area contributed by atoms with Gasteiger partial charge in [0.1, 0.15) is 0 Å². The molecule has 0 aliphatic carbocycles. The Bertz CT molecular complexity index is 155. The van der Waals surface area contributed by atoms with Gasteiger partial charge >= 0.3 is 6.18 Å². The molecule has 1 heterocycles. The predicted octanol–water partition coefficient (Wildman–Crippen LogP) is 2.33. The molecule has 0 aromatic rings. The SMILES string of the molecule is C[C@H]1C[C@H](CC(F)(F)F)[C@@H](C)N1. The van der Waals surface area contributed by atoms with Crippen LogP contribution >= 0.6 is 0 Å². The van der Waals surface area contributed by atoms with Gasteiger partial charge in [0.2, 0.25) is 0 Å². The maximum Gasteiger partial charge on any atom is 0.389 e. The molecular formula is C8H14F3N. The molecule has 0 saturated carbocycles. The van der Waals surface area contributed by atoms with Crippen LogP contribution in [0.25, 0.3) is 0 Å². The van der Waals surface area contributed by atoms with Gasteiger partial charge in [-0.25, -0.2) is 0 Å². The van der Waals surface area contributed by atoms with Crippen molar-refractivity contribution in [3.63, 3.8) is 0 Å². The van der Waals surface area contributed by atoms with E-state index >= 15 is 0 Å². The summed E-state index contributed by atoms with van der Waals surface area (Å²) in [6, 6.07) is 0.231. The second-order valence-electron chi connectivity index (χ2n) is 3.67. The first-order valence-corrected chi connectivity index (χ1v) is 4.21. The van der Waals surface area contributed by atoms with Crippen LogP contribution < -0.4 is 5.32 Å². The van der Waals surface area contributed by atoms with Crippen LogP contribution in [0.2, 0.25) is 0 Å². The van der Waals surface area contributed by atoms with Crippen molar-refractivity contribution in [2.24, 2.45) is 5.92 Å². The smallest absolute Gasteiger partial charge is 0.311 e. The minimum atomic E-state index is -4.01. The molecule has 0 bridgehead atoms. The number of rotatable bonds is 1. The lowest BCUT2D eigenvalue weighted by molar-refractivity contribution is -0.144. The molecular weight excluding hydrogens is 167 g/mol. The quantitative estimate of drug-likeness (QED) is 0.654. The molecule has 1 N–H and O–H groups in total. The molecule has 72 valence electrons. The molecule has 4 heteroatoms. The summed E-state index contributed by atoms with van der Waals surface area (Å²) in [5.74, 6) is -0.236. The van der Waals surface area contributed by atoms with Crippen LogP contribution in [-0.2, 0) is 0 Å². The summed E-state index contributed by atoms with van der Waals surface area (Å²) in [5, 5.41) is 3.09. The van der Waals surface area contributed by atoms with Crippen LogP contribution in [0.1, 0.15) is 26.7 Å². The summed E-state index contributed by atoms with van der Waals surface area (Å²) in [6.07, 6.45) is -4.02. The van der Waals surface area contributed by atoms with E-state index in [4.69, 9.17) is 0 Å². The van der Waals surface area contributed by atoms with Crippen LogP contribution in [0, 0.1) is 5.92 Å². The van der Waals surface area contributed by atoms with E-state index in [0.29, 0.717) is 6.42 Å². The third-order valence-corrected chi connectivity index (χ3v) is 2.40. The molecule has 12 heavy (non-hydrogen) atoms. The van der Waals surface area contributed by atoms with Crippen LogP contribution in [0.3, 0.4) is 0 Å². The Morgan fingerprint density at radius 2 is 1.92 bits per heavy atom. The lowest BCUT2D eigenvalue weighted by Crippen LogP contribution is -2.28. The number of hydrogen-bond acceptors (Lipinski definition) is 1. The molecule has 0 aromatic heterocycles. The van der Waals surface area contributed by atoms with Crippen molar-refractivity contribution in [1.29, 1.82) is 0 Å². The summed E-state index contributed by atoms with van der Waals surface area (Å²) in [4.78, 5) is 0. The molecule has 0 unspecified atom stereocenters. The van der Waals surface area contributed by atoms with Gasteiger partial charge in [0.05, 0.1) is 0 Å². The van der Waals surface area contributed by atoms with Gasteiger partial charge in [0.15, 0.2) is 0 Å². The van der Waals surface area contributed by atoms with Gasteiger partial charge in [0, 0.05) is 18.5 Å². The van der Waals surface area contributed by atoms with Crippen molar-refractivity contribution in [2.75, 3.05) is 0 Å². The summed E-state index contributed by atoms with van der Waals surface area (Å²) in [5.41, 5.74) is 0. The number of halogens is 3. The highest BCUT2D eigenvalue weighted by Crippen LogP contribution is 2.32. The first-order chi connectivity index (χ1) is 5.38. The Labute approximate surface area is 70.3 Å². The average Bonchev–Trinajstić information content (AvgIpc) is 2.06. The van der Waals surface area contributed by atoms with Gasteiger partial charge in [-0.1, -0.05) is 0 Å². The van der Waals surface area contributed by atoms with Crippen molar-refractivity contribution in [1.82, 2.24) is 5.32 Å². The van der Waals surface area contributed by atoms with Crippen LogP contribution in [0.15, 0.2) is 0 Å². The lowest BCUT2D eigenvalue weighted by Gasteiger charge is -2.16.